The lowest BCUT2D eigenvalue weighted by Crippen LogP contribution is -2.41. The maximum atomic E-state index is 11.8. The SMILES string of the molecule is O=C(CSc1nccc(=O)[nH]1)NC[C@H]1COc2ccccc2O1. The van der Waals surface area contributed by atoms with Crippen molar-refractivity contribution in [1.82, 2.24) is 15.3 Å². The molecule has 2 aromatic rings. The fraction of sp³-hybridized carbons (Fsp3) is 0.267. The molecule has 2 heterocycles. The number of hydrogen-bond donors (Lipinski definition) is 2. The Labute approximate surface area is 136 Å². The van der Waals surface area contributed by atoms with Crippen molar-refractivity contribution >= 4 is 17.7 Å². The van der Waals surface area contributed by atoms with Crippen LogP contribution in [-0.4, -0.2) is 40.9 Å². The van der Waals surface area contributed by atoms with Crippen molar-refractivity contribution in [2.75, 3.05) is 18.9 Å². The van der Waals surface area contributed by atoms with E-state index in [2.05, 4.69) is 15.3 Å². The summed E-state index contributed by atoms with van der Waals surface area (Å²) in [5.74, 6) is 1.39. The van der Waals surface area contributed by atoms with Gasteiger partial charge >= 0.3 is 0 Å². The van der Waals surface area contributed by atoms with Crippen LogP contribution in [0.3, 0.4) is 0 Å². The number of amides is 1. The van der Waals surface area contributed by atoms with Gasteiger partial charge in [-0.1, -0.05) is 23.9 Å². The van der Waals surface area contributed by atoms with Crippen molar-refractivity contribution in [2.24, 2.45) is 0 Å². The lowest BCUT2D eigenvalue weighted by molar-refractivity contribution is -0.119. The molecule has 0 unspecified atom stereocenters. The van der Waals surface area contributed by atoms with Crippen LogP contribution < -0.4 is 20.3 Å². The molecule has 1 atom stereocenters. The molecule has 0 aliphatic carbocycles. The van der Waals surface area contributed by atoms with Gasteiger partial charge in [-0.3, -0.25) is 9.59 Å². The van der Waals surface area contributed by atoms with Crippen molar-refractivity contribution in [3.63, 3.8) is 0 Å². The van der Waals surface area contributed by atoms with Gasteiger partial charge < -0.3 is 19.8 Å². The molecule has 1 aliphatic rings. The minimum absolute atomic E-state index is 0.163. The first-order valence-electron chi connectivity index (χ1n) is 7.04. The third-order valence-corrected chi connectivity index (χ3v) is 3.97. The maximum absolute atomic E-state index is 11.8. The van der Waals surface area contributed by atoms with Crippen LogP contribution in [0.5, 0.6) is 11.5 Å². The van der Waals surface area contributed by atoms with E-state index in [0.29, 0.717) is 29.8 Å². The zero-order chi connectivity index (χ0) is 16.1. The monoisotopic (exact) mass is 333 g/mol. The first kappa shape index (κ1) is 15.4. The Hall–Kier alpha value is -2.48. The number of nitrogens with zero attached hydrogens (tertiary/aromatic N) is 1. The second-order valence-electron chi connectivity index (χ2n) is 4.83. The van der Waals surface area contributed by atoms with Gasteiger partial charge in [0.15, 0.2) is 16.7 Å². The predicted octanol–water partition coefficient (Wildman–Crippen LogP) is 0.818. The molecule has 1 aromatic heterocycles. The molecule has 3 rings (SSSR count). The van der Waals surface area contributed by atoms with Crippen molar-refractivity contribution in [1.29, 1.82) is 0 Å². The molecule has 1 aromatic carbocycles. The highest BCUT2D eigenvalue weighted by molar-refractivity contribution is 7.99. The van der Waals surface area contributed by atoms with E-state index >= 15 is 0 Å². The van der Waals surface area contributed by atoms with Gasteiger partial charge in [0, 0.05) is 12.3 Å². The summed E-state index contributed by atoms with van der Waals surface area (Å²) in [6.07, 6.45) is 1.18. The van der Waals surface area contributed by atoms with Crippen molar-refractivity contribution < 1.29 is 14.3 Å². The average molecular weight is 333 g/mol. The molecular formula is C15H15N3O4S. The molecule has 120 valence electrons. The highest BCUT2D eigenvalue weighted by Crippen LogP contribution is 2.30. The molecule has 0 fully saturated rings. The van der Waals surface area contributed by atoms with Crippen molar-refractivity contribution in [3.05, 3.63) is 46.9 Å². The highest BCUT2D eigenvalue weighted by atomic mass is 32.2. The van der Waals surface area contributed by atoms with Crippen LogP contribution in [0, 0.1) is 0 Å². The van der Waals surface area contributed by atoms with Gasteiger partial charge in [0.2, 0.25) is 5.91 Å². The van der Waals surface area contributed by atoms with Gasteiger partial charge in [-0.25, -0.2) is 4.98 Å². The Bertz CT molecular complexity index is 749. The van der Waals surface area contributed by atoms with Gasteiger partial charge in [0.05, 0.1) is 12.3 Å². The molecule has 23 heavy (non-hydrogen) atoms. The van der Waals surface area contributed by atoms with Crippen LogP contribution in [0.15, 0.2) is 46.5 Å². The van der Waals surface area contributed by atoms with Gasteiger partial charge in [-0.15, -0.1) is 0 Å². The van der Waals surface area contributed by atoms with E-state index in [1.807, 2.05) is 24.3 Å². The van der Waals surface area contributed by atoms with E-state index in [-0.39, 0.29) is 23.3 Å². The minimum Gasteiger partial charge on any atom is -0.486 e. The first-order chi connectivity index (χ1) is 11.2. The van der Waals surface area contributed by atoms with Gasteiger partial charge in [0.1, 0.15) is 12.7 Å². The van der Waals surface area contributed by atoms with Crippen molar-refractivity contribution in [3.8, 4) is 11.5 Å². The zero-order valence-electron chi connectivity index (χ0n) is 12.2. The van der Waals surface area contributed by atoms with Crippen molar-refractivity contribution in [2.45, 2.75) is 11.3 Å². The fourth-order valence-electron chi connectivity index (χ4n) is 2.00. The van der Waals surface area contributed by atoms with Crippen LogP contribution in [0.1, 0.15) is 0 Å². The van der Waals surface area contributed by atoms with E-state index in [0.717, 1.165) is 0 Å². The number of hydrogen-bond acceptors (Lipinski definition) is 6. The number of ether oxygens (including phenoxy) is 2. The van der Waals surface area contributed by atoms with Crippen LogP contribution >= 0.6 is 11.8 Å². The molecule has 0 radical (unpaired) electrons. The number of carbonyl (C=O) groups excluding carboxylic acids is 1. The normalized spacial score (nSPS) is 15.9. The molecule has 7 nitrogen and oxygen atoms in total. The largest absolute Gasteiger partial charge is 0.486 e. The third-order valence-electron chi connectivity index (χ3n) is 3.08. The van der Waals surface area contributed by atoms with E-state index in [9.17, 15) is 9.59 Å². The summed E-state index contributed by atoms with van der Waals surface area (Å²) in [6, 6.07) is 8.74. The fourth-order valence-corrected chi connectivity index (χ4v) is 2.68. The molecule has 0 spiro atoms. The number of benzene rings is 1. The average Bonchev–Trinajstić information content (AvgIpc) is 2.58. The summed E-state index contributed by atoms with van der Waals surface area (Å²) < 4.78 is 11.3. The minimum atomic E-state index is -0.241. The first-order valence-corrected chi connectivity index (χ1v) is 8.02. The molecular weight excluding hydrogens is 318 g/mol. The summed E-state index contributed by atoms with van der Waals surface area (Å²) in [7, 11) is 0. The smallest absolute Gasteiger partial charge is 0.251 e. The van der Waals surface area contributed by atoms with Gasteiger partial charge in [0.25, 0.3) is 5.56 Å². The molecule has 1 amide bonds. The van der Waals surface area contributed by atoms with Crippen LogP contribution in [-0.2, 0) is 4.79 Å². The Morgan fingerprint density at radius 3 is 3.00 bits per heavy atom. The Morgan fingerprint density at radius 2 is 2.17 bits per heavy atom. The van der Waals surface area contributed by atoms with Gasteiger partial charge in [-0.05, 0) is 12.1 Å². The summed E-state index contributed by atoms with van der Waals surface area (Å²) in [5.41, 5.74) is -0.241. The summed E-state index contributed by atoms with van der Waals surface area (Å²) in [6.45, 7) is 0.741. The molecule has 0 saturated carbocycles. The number of rotatable bonds is 5. The number of aromatic amines is 1. The summed E-state index contributed by atoms with van der Waals surface area (Å²) in [4.78, 5) is 29.5. The predicted molar refractivity (Wildman–Crippen MR) is 84.9 cm³/mol. The number of thioether (sulfide) groups is 1. The number of carbonyl (C=O) groups is 1. The van der Waals surface area contributed by atoms with E-state index in [1.165, 1.54) is 24.0 Å². The molecule has 8 heteroatoms. The summed E-state index contributed by atoms with van der Waals surface area (Å²) >= 11 is 1.17. The van der Waals surface area contributed by atoms with Crippen LogP contribution in [0.4, 0.5) is 0 Å². The number of H-pyrrole nitrogens is 1. The lowest BCUT2D eigenvalue weighted by atomic mass is 10.2. The Balaban J connectivity index is 1.44. The highest BCUT2D eigenvalue weighted by Gasteiger charge is 2.20. The zero-order valence-corrected chi connectivity index (χ0v) is 13.0. The second-order valence-corrected chi connectivity index (χ2v) is 5.79. The number of aromatic nitrogens is 2. The second kappa shape index (κ2) is 7.19. The lowest BCUT2D eigenvalue weighted by Gasteiger charge is -2.26. The van der Waals surface area contributed by atoms with E-state index in [1.54, 1.807) is 0 Å². The van der Waals surface area contributed by atoms with Crippen LogP contribution in [0.2, 0.25) is 0 Å². The molecule has 2 N–H and O–H groups in total. The van der Waals surface area contributed by atoms with Gasteiger partial charge in [-0.2, -0.15) is 0 Å². The summed E-state index contributed by atoms with van der Waals surface area (Å²) in [5, 5.41) is 3.20. The third kappa shape index (κ3) is 4.26. The Morgan fingerprint density at radius 1 is 1.35 bits per heavy atom. The number of para-hydroxylation sites is 2. The number of nitrogens with one attached hydrogen (secondary N) is 2. The molecule has 1 aliphatic heterocycles. The number of fused-ring (bicyclic) bond motifs is 1. The Kier molecular flexibility index (Phi) is 4.82. The van der Waals surface area contributed by atoms with E-state index in [4.69, 9.17) is 9.47 Å². The standard InChI is InChI=1S/C15H15N3O4S/c19-13-5-6-16-15(18-13)23-9-14(20)17-7-10-8-21-11-3-1-2-4-12(11)22-10/h1-6,10H,7-9H2,(H,17,20)(H,16,18,19)/t10-/m0/s1. The van der Waals surface area contributed by atoms with E-state index < -0.39 is 0 Å². The molecule has 0 saturated heterocycles. The maximum Gasteiger partial charge on any atom is 0.251 e. The van der Waals surface area contributed by atoms with Crippen LogP contribution in [0.25, 0.3) is 0 Å². The topological polar surface area (TPSA) is 93.3 Å². The quantitative estimate of drug-likeness (QED) is 0.621. The molecule has 0 bridgehead atoms.